The summed E-state index contributed by atoms with van der Waals surface area (Å²) in [6.07, 6.45) is 1.25. The van der Waals surface area contributed by atoms with Crippen LogP contribution in [0.4, 0.5) is 0 Å². The summed E-state index contributed by atoms with van der Waals surface area (Å²) in [5.74, 6) is 0. The Kier molecular flexibility index (Phi) is 4.10. The van der Waals surface area contributed by atoms with E-state index in [0.29, 0.717) is 6.54 Å². The number of rotatable bonds is 4. The standard InChI is InChI=1S/C12H19NO2S/c1-10(2)13(16(4,14)15)9-12-7-5-11(3)6-8-12/h5-8,10H,9H2,1-4H3. The summed E-state index contributed by atoms with van der Waals surface area (Å²) in [5, 5.41) is 0. The molecule has 0 saturated heterocycles. The fraction of sp³-hybridized carbons (Fsp3) is 0.500. The maximum Gasteiger partial charge on any atom is 0.211 e. The molecule has 0 amide bonds. The van der Waals surface area contributed by atoms with E-state index in [1.54, 1.807) is 0 Å². The minimum absolute atomic E-state index is 0.0173. The molecular formula is C12H19NO2S. The third-order valence-corrected chi connectivity index (χ3v) is 3.86. The molecule has 0 fully saturated rings. The molecule has 0 spiro atoms. The molecule has 0 aliphatic carbocycles. The van der Waals surface area contributed by atoms with Gasteiger partial charge in [0.1, 0.15) is 0 Å². The van der Waals surface area contributed by atoms with E-state index in [0.717, 1.165) is 5.56 Å². The van der Waals surface area contributed by atoms with Gasteiger partial charge in [-0.3, -0.25) is 0 Å². The molecular weight excluding hydrogens is 222 g/mol. The number of hydrogen-bond acceptors (Lipinski definition) is 2. The van der Waals surface area contributed by atoms with Crippen LogP contribution in [0.15, 0.2) is 24.3 Å². The highest BCUT2D eigenvalue weighted by Crippen LogP contribution is 2.12. The first-order valence-corrected chi connectivity index (χ1v) is 7.18. The molecule has 90 valence electrons. The Balaban J connectivity index is 2.89. The molecule has 4 heteroatoms. The normalized spacial score (nSPS) is 12.4. The van der Waals surface area contributed by atoms with Gasteiger partial charge in [0.05, 0.1) is 6.26 Å². The van der Waals surface area contributed by atoms with Gasteiger partial charge in [-0.2, -0.15) is 4.31 Å². The smallest absolute Gasteiger partial charge is 0.211 e. The van der Waals surface area contributed by atoms with Crippen LogP contribution in [-0.4, -0.2) is 25.0 Å². The van der Waals surface area contributed by atoms with Crippen molar-refractivity contribution in [1.29, 1.82) is 0 Å². The molecule has 0 aromatic heterocycles. The SMILES string of the molecule is Cc1ccc(CN(C(C)C)S(C)(=O)=O)cc1. The van der Waals surface area contributed by atoms with Crippen molar-refractivity contribution in [1.82, 2.24) is 4.31 Å². The van der Waals surface area contributed by atoms with Gasteiger partial charge in [0, 0.05) is 12.6 Å². The monoisotopic (exact) mass is 241 g/mol. The lowest BCUT2D eigenvalue weighted by Crippen LogP contribution is -2.35. The lowest BCUT2D eigenvalue weighted by Gasteiger charge is -2.23. The Hall–Kier alpha value is -0.870. The largest absolute Gasteiger partial charge is 0.212 e. The first kappa shape index (κ1) is 13.2. The molecule has 1 rings (SSSR count). The maximum atomic E-state index is 11.6. The molecule has 1 aromatic carbocycles. The van der Waals surface area contributed by atoms with Crippen molar-refractivity contribution in [2.45, 2.75) is 33.4 Å². The van der Waals surface area contributed by atoms with Crippen molar-refractivity contribution in [3.05, 3.63) is 35.4 Å². The van der Waals surface area contributed by atoms with E-state index < -0.39 is 10.0 Å². The third kappa shape index (κ3) is 3.61. The average Bonchev–Trinajstić information content (AvgIpc) is 2.14. The van der Waals surface area contributed by atoms with Crippen molar-refractivity contribution in [3.8, 4) is 0 Å². The number of sulfonamides is 1. The molecule has 0 bridgehead atoms. The third-order valence-electron chi connectivity index (χ3n) is 2.46. The molecule has 0 saturated carbocycles. The van der Waals surface area contributed by atoms with Crippen LogP contribution in [0.1, 0.15) is 25.0 Å². The average molecular weight is 241 g/mol. The van der Waals surface area contributed by atoms with Crippen LogP contribution in [0.25, 0.3) is 0 Å². The molecule has 0 aliphatic heterocycles. The van der Waals surface area contributed by atoms with Gasteiger partial charge >= 0.3 is 0 Å². The lowest BCUT2D eigenvalue weighted by atomic mass is 10.1. The summed E-state index contributed by atoms with van der Waals surface area (Å²) >= 11 is 0. The van der Waals surface area contributed by atoms with Crippen LogP contribution in [0.2, 0.25) is 0 Å². The Labute approximate surface area is 98.1 Å². The van der Waals surface area contributed by atoms with Crippen LogP contribution in [0.5, 0.6) is 0 Å². The summed E-state index contributed by atoms with van der Waals surface area (Å²) in [4.78, 5) is 0. The zero-order valence-corrected chi connectivity index (χ0v) is 11.1. The summed E-state index contributed by atoms with van der Waals surface area (Å²) in [6.45, 7) is 6.22. The highest BCUT2D eigenvalue weighted by Gasteiger charge is 2.19. The van der Waals surface area contributed by atoms with Crippen molar-refractivity contribution >= 4 is 10.0 Å². The number of benzene rings is 1. The second kappa shape index (κ2) is 4.97. The lowest BCUT2D eigenvalue weighted by molar-refractivity contribution is 0.351. The van der Waals surface area contributed by atoms with Gasteiger partial charge in [0.2, 0.25) is 10.0 Å². The van der Waals surface area contributed by atoms with E-state index in [-0.39, 0.29) is 6.04 Å². The van der Waals surface area contributed by atoms with E-state index >= 15 is 0 Å². The minimum Gasteiger partial charge on any atom is -0.212 e. The van der Waals surface area contributed by atoms with Crippen molar-refractivity contribution in [2.24, 2.45) is 0 Å². The van der Waals surface area contributed by atoms with Crippen LogP contribution in [-0.2, 0) is 16.6 Å². The predicted octanol–water partition coefficient (Wildman–Crippen LogP) is 2.17. The fourth-order valence-electron chi connectivity index (χ4n) is 1.56. The summed E-state index contributed by atoms with van der Waals surface area (Å²) in [6, 6.07) is 7.91. The highest BCUT2D eigenvalue weighted by atomic mass is 32.2. The summed E-state index contributed by atoms with van der Waals surface area (Å²) in [7, 11) is -3.14. The molecule has 16 heavy (non-hydrogen) atoms. The van der Waals surface area contributed by atoms with Gasteiger partial charge in [-0.05, 0) is 26.3 Å². The molecule has 0 radical (unpaired) electrons. The van der Waals surface area contributed by atoms with Gasteiger partial charge < -0.3 is 0 Å². The summed E-state index contributed by atoms with van der Waals surface area (Å²) < 4.78 is 24.6. The van der Waals surface area contributed by atoms with Gasteiger partial charge in [0.15, 0.2) is 0 Å². The van der Waals surface area contributed by atoms with Gasteiger partial charge in [-0.1, -0.05) is 29.8 Å². The van der Waals surface area contributed by atoms with Crippen molar-refractivity contribution in [2.75, 3.05) is 6.26 Å². The maximum absolute atomic E-state index is 11.6. The zero-order valence-electron chi connectivity index (χ0n) is 10.3. The predicted molar refractivity (Wildman–Crippen MR) is 66.7 cm³/mol. The van der Waals surface area contributed by atoms with E-state index in [9.17, 15) is 8.42 Å². The number of nitrogens with zero attached hydrogens (tertiary/aromatic N) is 1. The van der Waals surface area contributed by atoms with Crippen molar-refractivity contribution < 1.29 is 8.42 Å². The second-order valence-electron chi connectivity index (χ2n) is 4.39. The quantitative estimate of drug-likeness (QED) is 0.810. The van der Waals surface area contributed by atoms with Gasteiger partial charge in [0.25, 0.3) is 0 Å². The van der Waals surface area contributed by atoms with Crippen molar-refractivity contribution in [3.63, 3.8) is 0 Å². The van der Waals surface area contributed by atoms with Crippen LogP contribution < -0.4 is 0 Å². The van der Waals surface area contributed by atoms with E-state index in [1.165, 1.54) is 16.1 Å². The number of hydrogen-bond donors (Lipinski definition) is 0. The Morgan fingerprint density at radius 1 is 1.19 bits per heavy atom. The molecule has 3 nitrogen and oxygen atoms in total. The van der Waals surface area contributed by atoms with Gasteiger partial charge in [-0.25, -0.2) is 8.42 Å². The first-order chi connectivity index (χ1) is 7.30. The summed E-state index contributed by atoms with van der Waals surface area (Å²) in [5.41, 5.74) is 2.20. The highest BCUT2D eigenvalue weighted by molar-refractivity contribution is 7.88. The number of aryl methyl sites for hydroxylation is 1. The molecule has 0 atom stereocenters. The molecule has 1 aromatic rings. The topological polar surface area (TPSA) is 37.4 Å². The van der Waals surface area contributed by atoms with E-state index in [4.69, 9.17) is 0 Å². The van der Waals surface area contributed by atoms with Crippen LogP contribution in [0, 0.1) is 6.92 Å². The molecule has 0 aliphatic rings. The Bertz CT molecular complexity index is 435. The fourth-order valence-corrected chi connectivity index (χ4v) is 2.71. The second-order valence-corrected chi connectivity index (χ2v) is 6.32. The molecule has 0 unspecified atom stereocenters. The first-order valence-electron chi connectivity index (χ1n) is 5.33. The van der Waals surface area contributed by atoms with E-state index in [2.05, 4.69) is 0 Å². The van der Waals surface area contributed by atoms with E-state index in [1.807, 2.05) is 45.0 Å². The van der Waals surface area contributed by atoms with Gasteiger partial charge in [-0.15, -0.1) is 0 Å². The Morgan fingerprint density at radius 3 is 2.06 bits per heavy atom. The zero-order chi connectivity index (χ0) is 12.3. The molecule has 0 heterocycles. The van der Waals surface area contributed by atoms with Crippen LogP contribution >= 0.6 is 0 Å². The minimum atomic E-state index is -3.14. The van der Waals surface area contributed by atoms with Crippen LogP contribution in [0.3, 0.4) is 0 Å². The Morgan fingerprint density at radius 2 is 1.69 bits per heavy atom. The molecule has 0 N–H and O–H groups in total.